The van der Waals surface area contributed by atoms with Crippen LogP contribution in [0, 0.1) is 13.8 Å². The second kappa shape index (κ2) is 11.5. The second-order valence-electron chi connectivity index (χ2n) is 11.6. The molecular weight excluding hydrogens is 560 g/mol. The lowest BCUT2D eigenvalue weighted by molar-refractivity contribution is 1.19. The van der Waals surface area contributed by atoms with Crippen LogP contribution in [0.5, 0.6) is 0 Å². The van der Waals surface area contributed by atoms with Crippen molar-refractivity contribution in [3.05, 3.63) is 157 Å². The van der Waals surface area contributed by atoms with Crippen LogP contribution >= 0.6 is 0 Å². The summed E-state index contributed by atoms with van der Waals surface area (Å²) in [6.45, 7) is 4.02. The molecule has 0 unspecified atom stereocenters. The molecule has 8 rings (SSSR count). The van der Waals surface area contributed by atoms with Crippen molar-refractivity contribution in [3.8, 4) is 56.2 Å². The first-order valence-electron chi connectivity index (χ1n) is 15.5. The molecular formula is C42H30N4. The van der Waals surface area contributed by atoms with Crippen molar-refractivity contribution in [2.45, 2.75) is 13.8 Å². The van der Waals surface area contributed by atoms with Crippen LogP contribution in [-0.4, -0.2) is 19.9 Å². The van der Waals surface area contributed by atoms with Gasteiger partial charge < -0.3 is 0 Å². The molecule has 46 heavy (non-hydrogen) atoms. The third-order valence-corrected chi connectivity index (χ3v) is 8.53. The highest BCUT2D eigenvalue weighted by Crippen LogP contribution is 2.44. The van der Waals surface area contributed by atoms with Gasteiger partial charge in [-0.15, -0.1) is 0 Å². The smallest absolute Gasteiger partial charge is 0.0722 e. The van der Waals surface area contributed by atoms with E-state index >= 15 is 0 Å². The summed E-state index contributed by atoms with van der Waals surface area (Å²) in [7, 11) is 0. The molecule has 4 heteroatoms. The highest BCUT2D eigenvalue weighted by Gasteiger charge is 2.20. The number of nitrogens with zero attached hydrogens (tertiary/aromatic N) is 4. The Morgan fingerprint density at radius 3 is 1.41 bits per heavy atom. The molecule has 0 radical (unpaired) electrons. The zero-order valence-corrected chi connectivity index (χ0v) is 25.6. The van der Waals surface area contributed by atoms with E-state index in [4.69, 9.17) is 9.97 Å². The van der Waals surface area contributed by atoms with Gasteiger partial charge in [0, 0.05) is 46.0 Å². The Hall–Kier alpha value is -6.00. The van der Waals surface area contributed by atoms with E-state index < -0.39 is 0 Å². The lowest BCUT2D eigenvalue weighted by Crippen LogP contribution is -1.96. The highest BCUT2D eigenvalue weighted by atomic mass is 14.7. The summed E-state index contributed by atoms with van der Waals surface area (Å²) in [6.07, 6.45) is 3.69. The first kappa shape index (κ1) is 27.5. The fourth-order valence-corrected chi connectivity index (χ4v) is 6.42. The van der Waals surface area contributed by atoms with E-state index in [0.717, 1.165) is 83.5 Å². The Kier molecular flexibility index (Phi) is 6.88. The van der Waals surface area contributed by atoms with Gasteiger partial charge in [0.1, 0.15) is 0 Å². The molecule has 0 aliphatic rings. The number of aryl methyl sites for hydroxylation is 2. The maximum Gasteiger partial charge on any atom is 0.0722 e. The topological polar surface area (TPSA) is 51.6 Å². The molecule has 0 saturated carbocycles. The molecule has 0 aliphatic carbocycles. The van der Waals surface area contributed by atoms with Crippen molar-refractivity contribution in [2.75, 3.05) is 0 Å². The first-order valence-corrected chi connectivity index (χ1v) is 15.5. The van der Waals surface area contributed by atoms with Crippen LogP contribution in [0.3, 0.4) is 0 Å². The first-order chi connectivity index (χ1) is 22.6. The zero-order valence-electron chi connectivity index (χ0n) is 25.6. The minimum atomic E-state index is 0.922. The van der Waals surface area contributed by atoms with Gasteiger partial charge in [0.25, 0.3) is 0 Å². The summed E-state index contributed by atoms with van der Waals surface area (Å²) in [4.78, 5) is 19.3. The molecule has 0 aliphatic heterocycles. The van der Waals surface area contributed by atoms with Gasteiger partial charge in [-0.2, -0.15) is 0 Å². The minimum Gasteiger partial charge on any atom is -0.262 e. The number of fused-ring (bicyclic) bond motifs is 2. The number of rotatable bonds is 5. The Bertz CT molecular complexity index is 2400. The van der Waals surface area contributed by atoms with E-state index in [9.17, 15) is 0 Å². The molecule has 0 fully saturated rings. The van der Waals surface area contributed by atoms with Crippen LogP contribution in [0.4, 0.5) is 0 Å². The number of hydrogen-bond acceptors (Lipinski definition) is 4. The van der Waals surface area contributed by atoms with Crippen molar-refractivity contribution < 1.29 is 0 Å². The van der Waals surface area contributed by atoms with E-state index in [2.05, 4.69) is 131 Å². The standard InChI is InChI=1S/C42H30N4/c1-27-24-31(20-22-43-27)37-14-8-16-39(45-37)41-33-12-6-7-13-34(33)42(36-26-30(18-19-35(36)41)29-10-4-3-5-11-29)40-17-9-15-38(46-40)32-21-23-44-28(2)25-32/h3-26H,1-2H3. The largest absolute Gasteiger partial charge is 0.262 e. The van der Waals surface area contributed by atoms with Gasteiger partial charge in [0.15, 0.2) is 0 Å². The molecule has 0 saturated heterocycles. The minimum absolute atomic E-state index is 0.922. The Morgan fingerprint density at radius 2 is 0.848 bits per heavy atom. The van der Waals surface area contributed by atoms with Crippen LogP contribution < -0.4 is 0 Å². The predicted molar refractivity (Wildman–Crippen MR) is 189 cm³/mol. The van der Waals surface area contributed by atoms with Crippen LogP contribution in [-0.2, 0) is 0 Å². The van der Waals surface area contributed by atoms with E-state index in [1.54, 1.807) is 0 Å². The van der Waals surface area contributed by atoms with E-state index in [1.165, 1.54) is 5.56 Å². The third kappa shape index (κ3) is 5.00. The van der Waals surface area contributed by atoms with E-state index in [1.807, 2.05) is 38.4 Å². The Morgan fingerprint density at radius 1 is 0.348 bits per heavy atom. The van der Waals surface area contributed by atoms with Crippen LogP contribution in [0.1, 0.15) is 11.4 Å². The lowest BCUT2D eigenvalue weighted by Gasteiger charge is -2.18. The van der Waals surface area contributed by atoms with Gasteiger partial charge in [-0.3, -0.25) is 9.97 Å². The maximum absolute atomic E-state index is 5.27. The quantitative estimate of drug-likeness (QED) is 0.187. The molecule has 0 amide bonds. The summed E-state index contributed by atoms with van der Waals surface area (Å²) in [6, 6.07) is 46.8. The molecule has 8 aromatic rings. The molecule has 0 N–H and O–H groups in total. The normalized spacial score (nSPS) is 11.3. The molecule has 4 aromatic heterocycles. The molecule has 4 nitrogen and oxygen atoms in total. The van der Waals surface area contributed by atoms with Gasteiger partial charge in [0.2, 0.25) is 0 Å². The van der Waals surface area contributed by atoms with Crippen molar-refractivity contribution in [3.63, 3.8) is 0 Å². The Labute approximate surface area is 268 Å². The van der Waals surface area contributed by atoms with E-state index in [-0.39, 0.29) is 0 Å². The summed E-state index contributed by atoms with van der Waals surface area (Å²) in [5.74, 6) is 0. The number of aromatic nitrogens is 4. The van der Waals surface area contributed by atoms with Gasteiger partial charge in [-0.1, -0.05) is 78.9 Å². The van der Waals surface area contributed by atoms with Crippen molar-refractivity contribution in [2.24, 2.45) is 0 Å². The molecule has 218 valence electrons. The second-order valence-corrected chi connectivity index (χ2v) is 11.6. The van der Waals surface area contributed by atoms with Gasteiger partial charge in [-0.25, -0.2) is 9.97 Å². The summed E-state index contributed by atoms with van der Waals surface area (Å²) in [5, 5.41) is 4.55. The molecule has 0 atom stereocenters. The average Bonchev–Trinajstić information content (AvgIpc) is 3.11. The van der Waals surface area contributed by atoms with Crippen molar-refractivity contribution >= 4 is 21.5 Å². The summed E-state index contributed by atoms with van der Waals surface area (Å²) >= 11 is 0. The average molecular weight is 591 g/mol. The molecule has 0 spiro atoms. The maximum atomic E-state index is 5.27. The van der Waals surface area contributed by atoms with E-state index in [0.29, 0.717) is 0 Å². The fraction of sp³-hybridized carbons (Fsp3) is 0.0476. The monoisotopic (exact) mass is 590 g/mol. The molecule has 0 bridgehead atoms. The van der Waals surface area contributed by atoms with Gasteiger partial charge in [-0.05, 0) is 101 Å². The Balaban J connectivity index is 1.44. The summed E-state index contributed by atoms with van der Waals surface area (Å²) in [5.41, 5.74) is 12.3. The summed E-state index contributed by atoms with van der Waals surface area (Å²) < 4.78 is 0. The molecule has 4 heterocycles. The van der Waals surface area contributed by atoms with Crippen LogP contribution in [0.2, 0.25) is 0 Å². The lowest BCUT2D eigenvalue weighted by atomic mass is 9.87. The zero-order chi connectivity index (χ0) is 31.0. The van der Waals surface area contributed by atoms with Crippen LogP contribution in [0.15, 0.2) is 146 Å². The van der Waals surface area contributed by atoms with Gasteiger partial charge in [0.05, 0.1) is 22.8 Å². The molecule has 4 aromatic carbocycles. The number of hydrogen-bond donors (Lipinski definition) is 0. The highest BCUT2D eigenvalue weighted by molar-refractivity contribution is 6.21. The SMILES string of the molecule is Cc1cc(-c2cccc(-c3c4ccccc4c(-c4cccc(-c5ccnc(C)c5)n4)c4cc(-c5ccccc5)ccc34)n2)ccn1. The number of benzene rings is 4. The predicted octanol–water partition coefficient (Wildman–Crippen LogP) is 10.5. The van der Waals surface area contributed by atoms with Gasteiger partial charge >= 0.3 is 0 Å². The third-order valence-electron chi connectivity index (χ3n) is 8.53. The number of pyridine rings is 4. The van der Waals surface area contributed by atoms with Crippen LogP contribution in [0.25, 0.3) is 77.7 Å². The van der Waals surface area contributed by atoms with Crippen molar-refractivity contribution in [1.82, 2.24) is 19.9 Å². The fourth-order valence-electron chi connectivity index (χ4n) is 6.42. The van der Waals surface area contributed by atoms with Crippen molar-refractivity contribution in [1.29, 1.82) is 0 Å².